The van der Waals surface area contributed by atoms with Crippen molar-refractivity contribution in [1.82, 2.24) is 0 Å². The molecule has 0 bridgehead atoms. The summed E-state index contributed by atoms with van der Waals surface area (Å²) in [6.45, 7) is 3.68. The van der Waals surface area contributed by atoms with E-state index < -0.39 is 0 Å². The molecule has 0 aromatic carbocycles. The van der Waals surface area contributed by atoms with Gasteiger partial charge in [0.05, 0.1) is 3.79 Å². The van der Waals surface area contributed by atoms with Gasteiger partial charge in [0.2, 0.25) is 0 Å². The van der Waals surface area contributed by atoms with Crippen molar-refractivity contribution in [3.8, 4) is 0 Å². The molecule has 0 radical (unpaired) electrons. The molecule has 0 aliphatic heterocycles. The van der Waals surface area contributed by atoms with Crippen LogP contribution in [0, 0.1) is 0 Å². The van der Waals surface area contributed by atoms with Crippen LogP contribution in [0.2, 0.25) is 0 Å². The van der Waals surface area contributed by atoms with Gasteiger partial charge in [-0.3, -0.25) is 0 Å². The molecule has 1 rings (SSSR count). The van der Waals surface area contributed by atoms with Crippen LogP contribution in [0.25, 0.3) is 0 Å². The van der Waals surface area contributed by atoms with E-state index in [2.05, 4.69) is 34.6 Å². The molecule has 0 N–H and O–H groups in total. The minimum Gasteiger partial charge on any atom is -0.133 e. The highest BCUT2D eigenvalue weighted by Crippen LogP contribution is 2.22. The van der Waals surface area contributed by atoms with Gasteiger partial charge in [0.15, 0.2) is 0 Å². The van der Waals surface area contributed by atoms with E-state index in [0.29, 0.717) is 0 Å². The Kier molecular flexibility index (Phi) is 3.16. The Morgan fingerprint density at radius 3 is 2.90 bits per heavy atom. The molecule has 0 saturated carbocycles. The Balaban J connectivity index is 2.49. The fourth-order valence-corrected chi connectivity index (χ4v) is 2.23. The fraction of sp³-hybridized carbons (Fsp3) is 0.250. The molecule has 0 saturated heterocycles. The minimum atomic E-state index is 1.08. The second-order valence-electron chi connectivity index (χ2n) is 2.03. The Morgan fingerprint density at radius 1 is 1.60 bits per heavy atom. The lowest BCUT2D eigenvalue weighted by molar-refractivity contribution is 1.03. The third kappa shape index (κ3) is 2.27. The highest BCUT2D eigenvalue weighted by atomic mass is 79.9. The summed E-state index contributed by atoms with van der Waals surface area (Å²) in [5.74, 6) is 0. The molecule has 0 aliphatic rings. The Labute approximate surface area is 73.7 Å². The number of hydrogen-bond donors (Lipinski definition) is 0. The van der Waals surface area contributed by atoms with Crippen LogP contribution >= 0.6 is 27.3 Å². The number of aryl methyl sites for hydroxylation is 1. The Bertz CT molecular complexity index is 215. The number of allylic oxidation sites excluding steroid dienone is 1. The maximum absolute atomic E-state index is 3.68. The third-order valence-corrected chi connectivity index (χ3v) is 2.91. The summed E-state index contributed by atoms with van der Waals surface area (Å²) in [5, 5.41) is 0. The van der Waals surface area contributed by atoms with Gasteiger partial charge in [0.1, 0.15) is 0 Å². The van der Waals surface area contributed by atoms with Gasteiger partial charge in [-0.25, -0.2) is 0 Å². The quantitative estimate of drug-likeness (QED) is 0.678. The van der Waals surface area contributed by atoms with Crippen LogP contribution in [0.1, 0.15) is 11.3 Å². The van der Waals surface area contributed by atoms with Crippen LogP contribution in [0.5, 0.6) is 0 Å². The van der Waals surface area contributed by atoms with E-state index in [9.17, 15) is 0 Å². The van der Waals surface area contributed by atoms with Crippen molar-refractivity contribution >= 4 is 27.3 Å². The lowest BCUT2D eigenvalue weighted by atomic mass is 10.3. The molecule has 0 amide bonds. The first kappa shape index (κ1) is 8.02. The van der Waals surface area contributed by atoms with E-state index in [-0.39, 0.29) is 0 Å². The van der Waals surface area contributed by atoms with E-state index in [4.69, 9.17) is 0 Å². The van der Waals surface area contributed by atoms with Crippen molar-refractivity contribution in [3.05, 3.63) is 33.5 Å². The van der Waals surface area contributed by atoms with Crippen molar-refractivity contribution < 1.29 is 0 Å². The van der Waals surface area contributed by atoms with E-state index in [1.165, 1.54) is 8.66 Å². The second-order valence-corrected chi connectivity index (χ2v) is 4.58. The Morgan fingerprint density at radius 2 is 2.40 bits per heavy atom. The van der Waals surface area contributed by atoms with Gasteiger partial charge in [0.25, 0.3) is 0 Å². The maximum atomic E-state index is 3.68. The highest BCUT2D eigenvalue weighted by molar-refractivity contribution is 9.11. The predicted octanol–water partition coefficient (Wildman–Crippen LogP) is 3.63. The largest absolute Gasteiger partial charge is 0.133 e. The lowest BCUT2D eigenvalue weighted by Gasteiger charge is -1.87. The fourth-order valence-electron chi connectivity index (χ4n) is 0.730. The zero-order valence-electron chi connectivity index (χ0n) is 5.64. The van der Waals surface area contributed by atoms with Crippen molar-refractivity contribution in [2.45, 2.75) is 12.8 Å². The molecular formula is C8H9BrS. The van der Waals surface area contributed by atoms with Gasteiger partial charge in [-0.15, -0.1) is 17.9 Å². The smallest absolute Gasteiger partial charge is 0.0701 e. The summed E-state index contributed by atoms with van der Waals surface area (Å²) in [6.07, 6.45) is 4.15. The van der Waals surface area contributed by atoms with E-state index in [0.717, 1.165) is 12.8 Å². The molecular weight excluding hydrogens is 208 g/mol. The van der Waals surface area contributed by atoms with E-state index in [1.54, 1.807) is 11.3 Å². The van der Waals surface area contributed by atoms with E-state index in [1.807, 2.05) is 6.08 Å². The van der Waals surface area contributed by atoms with Crippen LogP contribution in [-0.4, -0.2) is 0 Å². The number of thiophene rings is 1. The SMILES string of the molecule is C=CCCc1ccc(Br)s1. The first-order chi connectivity index (χ1) is 4.83. The van der Waals surface area contributed by atoms with E-state index >= 15 is 0 Å². The van der Waals surface area contributed by atoms with Crippen molar-refractivity contribution in [3.63, 3.8) is 0 Å². The van der Waals surface area contributed by atoms with Crippen LogP contribution in [0.4, 0.5) is 0 Å². The first-order valence-corrected chi connectivity index (χ1v) is 4.79. The van der Waals surface area contributed by atoms with Crippen molar-refractivity contribution in [2.75, 3.05) is 0 Å². The molecule has 1 aromatic heterocycles. The summed E-state index contributed by atoms with van der Waals surface area (Å²) in [7, 11) is 0. The minimum absolute atomic E-state index is 1.08. The van der Waals surface area contributed by atoms with Gasteiger partial charge in [-0.1, -0.05) is 6.08 Å². The number of hydrogen-bond acceptors (Lipinski definition) is 1. The Hall–Kier alpha value is -0.0800. The zero-order chi connectivity index (χ0) is 7.40. The van der Waals surface area contributed by atoms with Crippen LogP contribution in [0.3, 0.4) is 0 Å². The molecule has 0 nitrogen and oxygen atoms in total. The van der Waals surface area contributed by atoms with Gasteiger partial charge in [-0.05, 0) is 40.9 Å². The molecule has 0 atom stereocenters. The van der Waals surface area contributed by atoms with Gasteiger partial charge in [0, 0.05) is 4.88 Å². The third-order valence-electron chi connectivity index (χ3n) is 1.22. The average Bonchev–Trinajstić information content (AvgIpc) is 2.31. The standard InChI is InChI=1S/C8H9BrS/c1-2-3-4-7-5-6-8(9)10-7/h2,5-6H,1,3-4H2. The average molecular weight is 217 g/mol. The van der Waals surface area contributed by atoms with Gasteiger partial charge < -0.3 is 0 Å². The van der Waals surface area contributed by atoms with Crippen LogP contribution < -0.4 is 0 Å². The van der Waals surface area contributed by atoms with Gasteiger partial charge in [-0.2, -0.15) is 0 Å². The molecule has 0 fully saturated rings. The predicted molar refractivity (Wildman–Crippen MR) is 50.5 cm³/mol. The number of halogens is 1. The van der Waals surface area contributed by atoms with Gasteiger partial charge >= 0.3 is 0 Å². The molecule has 54 valence electrons. The molecule has 0 aliphatic carbocycles. The highest BCUT2D eigenvalue weighted by Gasteiger charge is 1.94. The number of rotatable bonds is 3. The lowest BCUT2D eigenvalue weighted by Crippen LogP contribution is -1.73. The summed E-state index contributed by atoms with van der Waals surface area (Å²) in [5.41, 5.74) is 0. The van der Waals surface area contributed by atoms with Crippen LogP contribution in [-0.2, 0) is 6.42 Å². The maximum Gasteiger partial charge on any atom is 0.0701 e. The molecule has 1 aromatic rings. The van der Waals surface area contributed by atoms with Crippen molar-refractivity contribution in [1.29, 1.82) is 0 Å². The molecule has 10 heavy (non-hydrogen) atoms. The monoisotopic (exact) mass is 216 g/mol. The van der Waals surface area contributed by atoms with Crippen molar-refractivity contribution in [2.24, 2.45) is 0 Å². The normalized spacial score (nSPS) is 9.70. The zero-order valence-corrected chi connectivity index (χ0v) is 8.04. The topological polar surface area (TPSA) is 0 Å². The summed E-state index contributed by atoms with van der Waals surface area (Å²) < 4.78 is 1.21. The molecule has 0 unspecified atom stereocenters. The summed E-state index contributed by atoms with van der Waals surface area (Å²) in [4.78, 5) is 1.42. The molecule has 1 heterocycles. The molecule has 2 heteroatoms. The summed E-state index contributed by atoms with van der Waals surface area (Å²) in [6, 6.07) is 4.24. The summed E-state index contributed by atoms with van der Waals surface area (Å²) >= 11 is 5.21. The molecule has 0 spiro atoms. The second kappa shape index (κ2) is 3.94. The first-order valence-electron chi connectivity index (χ1n) is 3.18. The van der Waals surface area contributed by atoms with Crippen LogP contribution in [0.15, 0.2) is 28.6 Å².